The van der Waals surface area contributed by atoms with Crippen LogP contribution >= 0.6 is 11.3 Å². The van der Waals surface area contributed by atoms with E-state index < -0.39 is 18.0 Å². The third-order valence-corrected chi connectivity index (χ3v) is 3.10. The summed E-state index contributed by atoms with van der Waals surface area (Å²) in [6, 6.07) is 3.82. The van der Waals surface area contributed by atoms with Crippen LogP contribution in [-0.4, -0.2) is 28.1 Å². The Morgan fingerprint density at radius 3 is 2.94 bits per heavy atom. The van der Waals surface area contributed by atoms with Gasteiger partial charge in [-0.1, -0.05) is 0 Å². The number of aliphatic carboxylic acids is 1. The number of anilines is 1. The molecule has 7 heteroatoms. The average molecular weight is 265 g/mol. The number of nitrogens with one attached hydrogen (secondary N) is 2. The van der Waals surface area contributed by atoms with E-state index in [1.165, 1.54) is 18.3 Å². The van der Waals surface area contributed by atoms with Gasteiger partial charge in [0.05, 0.1) is 15.7 Å². The first-order valence-electron chi connectivity index (χ1n) is 5.20. The molecule has 0 bridgehead atoms. The van der Waals surface area contributed by atoms with Gasteiger partial charge in [-0.15, -0.1) is 11.3 Å². The minimum Gasteiger partial charge on any atom is -0.480 e. The normalized spacial score (nSPS) is 12.1. The first-order valence-corrected chi connectivity index (χ1v) is 6.08. The Bertz CT molecular complexity index is 596. The van der Waals surface area contributed by atoms with Crippen molar-refractivity contribution in [3.63, 3.8) is 0 Å². The van der Waals surface area contributed by atoms with Crippen molar-refractivity contribution in [3.8, 4) is 0 Å². The van der Waals surface area contributed by atoms with Crippen molar-refractivity contribution in [3.05, 3.63) is 23.7 Å². The van der Waals surface area contributed by atoms with E-state index in [-0.39, 0.29) is 0 Å². The second kappa shape index (κ2) is 5.01. The summed E-state index contributed by atoms with van der Waals surface area (Å²) in [6.45, 7) is 1.40. The van der Waals surface area contributed by atoms with E-state index in [1.54, 1.807) is 23.7 Å². The maximum atomic E-state index is 11.5. The molecule has 1 heterocycles. The number of rotatable bonds is 3. The molecular weight excluding hydrogens is 254 g/mol. The van der Waals surface area contributed by atoms with Gasteiger partial charge < -0.3 is 15.7 Å². The highest BCUT2D eigenvalue weighted by molar-refractivity contribution is 7.16. The van der Waals surface area contributed by atoms with Crippen molar-refractivity contribution >= 4 is 39.2 Å². The van der Waals surface area contributed by atoms with Crippen LogP contribution in [0.15, 0.2) is 23.7 Å². The molecule has 3 N–H and O–H groups in total. The molecule has 2 aromatic rings. The summed E-state index contributed by atoms with van der Waals surface area (Å²) in [5.41, 5.74) is 3.19. The second-order valence-corrected chi connectivity index (χ2v) is 4.58. The number of carboxylic acids is 1. The van der Waals surface area contributed by atoms with Crippen molar-refractivity contribution in [1.82, 2.24) is 10.3 Å². The lowest BCUT2D eigenvalue weighted by Gasteiger charge is -2.10. The van der Waals surface area contributed by atoms with E-state index in [9.17, 15) is 9.59 Å². The lowest BCUT2D eigenvalue weighted by atomic mass is 10.3. The molecule has 0 saturated carbocycles. The molecular formula is C11H11N3O3S. The maximum Gasteiger partial charge on any atom is 0.325 e. The third-order valence-electron chi connectivity index (χ3n) is 2.31. The van der Waals surface area contributed by atoms with Crippen LogP contribution in [0.25, 0.3) is 10.2 Å². The molecule has 0 saturated heterocycles. The Balaban J connectivity index is 2.04. The van der Waals surface area contributed by atoms with E-state index >= 15 is 0 Å². The van der Waals surface area contributed by atoms with Crippen LogP contribution in [-0.2, 0) is 4.79 Å². The number of carbonyl (C=O) groups is 2. The minimum atomic E-state index is -1.08. The average Bonchev–Trinajstić information content (AvgIpc) is 2.75. The number of nitrogens with zero attached hydrogens (tertiary/aromatic N) is 1. The smallest absolute Gasteiger partial charge is 0.325 e. The van der Waals surface area contributed by atoms with Crippen LogP contribution in [0.5, 0.6) is 0 Å². The molecule has 0 aliphatic rings. The fourth-order valence-corrected chi connectivity index (χ4v) is 2.07. The first kappa shape index (κ1) is 12.3. The highest BCUT2D eigenvalue weighted by Gasteiger charge is 2.13. The molecule has 0 aliphatic heterocycles. The van der Waals surface area contributed by atoms with Gasteiger partial charge in [0, 0.05) is 5.69 Å². The molecule has 0 spiro atoms. The predicted molar refractivity (Wildman–Crippen MR) is 68.9 cm³/mol. The molecule has 94 valence electrons. The molecule has 2 rings (SSSR count). The van der Waals surface area contributed by atoms with Crippen LogP contribution in [0.4, 0.5) is 10.5 Å². The Kier molecular flexibility index (Phi) is 3.42. The van der Waals surface area contributed by atoms with Gasteiger partial charge in [0.1, 0.15) is 6.04 Å². The summed E-state index contributed by atoms with van der Waals surface area (Å²) < 4.78 is 0.957. The summed E-state index contributed by atoms with van der Waals surface area (Å²) >= 11 is 1.47. The fraction of sp³-hybridized carbons (Fsp3) is 0.182. The Morgan fingerprint density at radius 1 is 1.44 bits per heavy atom. The molecule has 1 aromatic heterocycles. The topological polar surface area (TPSA) is 91.3 Å². The molecule has 0 unspecified atom stereocenters. The van der Waals surface area contributed by atoms with E-state index in [1.807, 2.05) is 0 Å². The highest BCUT2D eigenvalue weighted by atomic mass is 32.1. The number of benzene rings is 1. The molecule has 18 heavy (non-hydrogen) atoms. The molecule has 0 fully saturated rings. The van der Waals surface area contributed by atoms with Gasteiger partial charge in [0.15, 0.2) is 0 Å². The fourth-order valence-electron chi connectivity index (χ4n) is 1.36. The monoisotopic (exact) mass is 265 g/mol. The number of fused-ring (bicyclic) bond motifs is 1. The molecule has 1 aromatic carbocycles. The Morgan fingerprint density at radius 2 is 2.22 bits per heavy atom. The number of carboxylic acid groups (broad SMARTS) is 1. The van der Waals surface area contributed by atoms with Crippen LogP contribution in [0.3, 0.4) is 0 Å². The van der Waals surface area contributed by atoms with Crippen molar-refractivity contribution in [1.29, 1.82) is 0 Å². The van der Waals surface area contributed by atoms with Gasteiger partial charge >= 0.3 is 12.0 Å². The quantitative estimate of drug-likeness (QED) is 0.790. The largest absolute Gasteiger partial charge is 0.480 e. The van der Waals surface area contributed by atoms with Gasteiger partial charge in [-0.25, -0.2) is 9.78 Å². The summed E-state index contributed by atoms with van der Waals surface area (Å²) in [5, 5.41) is 13.5. The lowest BCUT2D eigenvalue weighted by molar-refractivity contribution is -0.138. The number of thiazole rings is 1. The molecule has 0 aliphatic carbocycles. The lowest BCUT2D eigenvalue weighted by Crippen LogP contribution is -2.40. The Labute approximate surface area is 107 Å². The minimum absolute atomic E-state index is 0.547. The number of hydrogen-bond donors (Lipinski definition) is 3. The van der Waals surface area contributed by atoms with Crippen molar-refractivity contribution in [2.75, 3.05) is 5.32 Å². The van der Waals surface area contributed by atoms with E-state index in [2.05, 4.69) is 15.6 Å². The Hall–Kier alpha value is -2.15. The van der Waals surface area contributed by atoms with E-state index in [4.69, 9.17) is 5.11 Å². The summed E-state index contributed by atoms with van der Waals surface area (Å²) in [5.74, 6) is -1.08. The summed E-state index contributed by atoms with van der Waals surface area (Å²) in [6.07, 6.45) is 0. The van der Waals surface area contributed by atoms with E-state index in [0.29, 0.717) is 5.69 Å². The molecule has 2 amide bonds. The number of amides is 2. The van der Waals surface area contributed by atoms with Gasteiger partial charge in [-0.05, 0) is 25.1 Å². The predicted octanol–water partition coefficient (Wildman–Crippen LogP) is 1.89. The van der Waals surface area contributed by atoms with Gasteiger partial charge in [0.25, 0.3) is 0 Å². The zero-order valence-corrected chi connectivity index (χ0v) is 10.3. The first-order chi connectivity index (χ1) is 8.56. The number of carbonyl (C=O) groups excluding carboxylic acids is 1. The summed E-state index contributed by atoms with van der Waals surface area (Å²) in [4.78, 5) is 26.2. The SMILES string of the molecule is C[C@@H](NC(=O)Nc1ccc2ncsc2c1)C(=O)O. The zero-order valence-electron chi connectivity index (χ0n) is 9.51. The standard InChI is InChI=1S/C11H11N3O3S/c1-6(10(15)16)13-11(17)14-7-2-3-8-9(4-7)18-5-12-8/h2-6H,1H3,(H,15,16)(H2,13,14,17)/t6-/m1/s1. The molecule has 6 nitrogen and oxygen atoms in total. The van der Waals surface area contributed by atoms with Gasteiger partial charge in [-0.3, -0.25) is 4.79 Å². The van der Waals surface area contributed by atoms with Crippen LogP contribution in [0.2, 0.25) is 0 Å². The van der Waals surface area contributed by atoms with Crippen LogP contribution < -0.4 is 10.6 Å². The zero-order chi connectivity index (χ0) is 13.1. The number of aromatic nitrogens is 1. The van der Waals surface area contributed by atoms with Crippen molar-refractivity contribution < 1.29 is 14.7 Å². The van der Waals surface area contributed by atoms with E-state index in [0.717, 1.165) is 10.2 Å². The maximum absolute atomic E-state index is 11.5. The number of hydrogen-bond acceptors (Lipinski definition) is 4. The molecule has 0 radical (unpaired) electrons. The van der Waals surface area contributed by atoms with Crippen molar-refractivity contribution in [2.24, 2.45) is 0 Å². The second-order valence-electron chi connectivity index (χ2n) is 3.69. The van der Waals surface area contributed by atoms with Crippen molar-refractivity contribution in [2.45, 2.75) is 13.0 Å². The van der Waals surface area contributed by atoms with Crippen LogP contribution in [0, 0.1) is 0 Å². The summed E-state index contributed by atoms with van der Waals surface area (Å²) in [7, 11) is 0. The highest BCUT2D eigenvalue weighted by Crippen LogP contribution is 2.21. The number of urea groups is 1. The third kappa shape index (κ3) is 2.75. The molecule has 1 atom stereocenters. The van der Waals surface area contributed by atoms with Gasteiger partial charge in [0.2, 0.25) is 0 Å². The van der Waals surface area contributed by atoms with Gasteiger partial charge in [-0.2, -0.15) is 0 Å². The van der Waals surface area contributed by atoms with Crippen LogP contribution in [0.1, 0.15) is 6.92 Å².